The van der Waals surface area contributed by atoms with Crippen LogP contribution in [0.25, 0.3) is 10.8 Å². The molecule has 25 heavy (non-hydrogen) atoms. The second kappa shape index (κ2) is 7.40. The van der Waals surface area contributed by atoms with Gasteiger partial charge < -0.3 is 15.0 Å². The van der Waals surface area contributed by atoms with Crippen LogP contribution in [0.5, 0.6) is 0 Å². The summed E-state index contributed by atoms with van der Waals surface area (Å²) in [5, 5.41) is 5.94. The van der Waals surface area contributed by atoms with Gasteiger partial charge in [0.1, 0.15) is 5.60 Å². The molecule has 2 aromatic rings. The third kappa shape index (κ3) is 4.92. The zero-order valence-electron chi connectivity index (χ0n) is 15.3. The van der Waals surface area contributed by atoms with Crippen molar-refractivity contribution in [1.82, 2.24) is 15.2 Å². The summed E-state index contributed by atoms with van der Waals surface area (Å²) < 4.78 is 5.49. The molecule has 1 aliphatic rings. The van der Waals surface area contributed by atoms with Gasteiger partial charge in [-0.2, -0.15) is 0 Å². The number of fused-ring (bicyclic) bond motifs is 1. The van der Waals surface area contributed by atoms with Gasteiger partial charge in [-0.15, -0.1) is 0 Å². The smallest absolute Gasteiger partial charge is 0.410 e. The van der Waals surface area contributed by atoms with E-state index in [1.54, 1.807) is 0 Å². The van der Waals surface area contributed by atoms with E-state index in [-0.39, 0.29) is 6.09 Å². The molecule has 5 heteroatoms. The van der Waals surface area contributed by atoms with Gasteiger partial charge in [0.05, 0.1) is 0 Å². The van der Waals surface area contributed by atoms with Crippen molar-refractivity contribution in [3.63, 3.8) is 0 Å². The molecule has 1 aromatic heterocycles. The molecule has 0 radical (unpaired) electrons. The maximum absolute atomic E-state index is 12.2. The summed E-state index contributed by atoms with van der Waals surface area (Å²) in [6.45, 7) is 7.98. The van der Waals surface area contributed by atoms with Crippen LogP contribution in [0.15, 0.2) is 36.7 Å². The largest absolute Gasteiger partial charge is 0.444 e. The van der Waals surface area contributed by atoms with Crippen LogP contribution in [0.4, 0.5) is 4.79 Å². The van der Waals surface area contributed by atoms with Crippen molar-refractivity contribution < 1.29 is 9.53 Å². The minimum Gasteiger partial charge on any atom is -0.444 e. The van der Waals surface area contributed by atoms with Crippen LogP contribution in [0.2, 0.25) is 0 Å². The lowest BCUT2D eigenvalue weighted by atomic mass is 10.0. The average molecular weight is 341 g/mol. The maximum Gasteiger partial charge on any atom is 0.410 e. The highest BCUT2D eigenvalue weighted by molar-refractivity contribution is 5.81. The van der Waals surface area contributed by atoms with Crippen LogP contribution in [-0.4, -0.2) is 40.7 Å². The fourth-order valence-corrected chi connectivity index (χ4v) is 3.14. The van der Waals surface area contributed by atoms with Crippen molar-refractivity contribution in [2.75, 3.05) is 13.1 Å². The number of rotatable bonds is 3. The summed E-state index contributed by atoms with van der Waals surface area (Å²) in [7, 11) is 0. The first kappa shape index (κ1) is 17.7. The summed E-state index contributed by atoms with van der Waals surface area (Å²) in [4.78, 5) is 18.2. The Morgan fingerprint density at radius 3 is 2.96 bits per heavy atom. The van der Waals surface area contributed by atoms with E-state index in [0.29, 0.717) is 12.6 Å². The minimum atomic E-state index is -0.447. The molecular weight excluding hydrogens is 314 g/mol. The van der Waals surface area contributed by atoms with E-state index in [2.05, 4.69) is 28.5 Å². The third-order valence-corrected chi connectivity index (χ3v) is 4.37. The Morgan fingerprint density at radius 2 is 2.16 bits per heavy atom. The van der Waals surface area contributed by atoms with E-state index in [1.807, 2.05) is 44.1 Å². The molecule has 5 nitrogen and oxygen atoms in total. The number of carbonyl (C=O) groups is 1. The molecular formula is C20H27N3O2. The molecule has 134 valence electrons. The normalized spacial score (nSPS) is 18.4. The van der Waals surface area contributed by atoms with Crippen molar-refractivity contribution >= 4 is 16.9 Å². The number of likely N-dealkylation sites (tertiary alicyclic amines) is 1. The Labute approximate surface area is 149 Å². The molecule has 1 amide bonds. The van der Waals surface area contributed by atoms with Crippen LogP contribution in [0.1, 0.15) is 39.2 Å². The van der Waals surface area contributed by atoms with E-state index in [0.717, 1.165) is 31.3 Å². The molecule has 0 aliphatic carbocycles. The fraction of sp³-hybridized carbons (Fsp3) is 0.500. The number of amides is 1. The Bertz CT molecular complexity index is 739. The summed E-state index contributed by atoms with van der Waals surface area (Å²) in [6, 6.07) is 8.76. The van der Waals surface area contributed by atoms with Crippen LogP contribution in [0.3, 0.4) is 0 Å². The standard InChI is InChI=1S/C20H27N3O2/c1-20(2,3)25-19(24)23-10-4-5-18(14-23)22-12-15-6-7-17-13-21-9-8-16(17)11-15/h6-9,11,13,18,22H,4-5,10,12,14H2,1-3H3. The van der Waals surface area contributed by atoms with E-state index >= 15 is 0 Å². The number of nitrogens with one attached hydrogen (secondary N) is 1. The van der Waals surface area contributed by atoms with Gasteiger partial charge in [0.2, 0.25) is 0 Å². The van der Waals surface area contributed by atoms with Gasteiger partial charge >= 0.3 is 6.09 Å². The lowest BCUT2D eigenvalue weighted by Crippen LogP contribution is -2.49. The van der Waals surface area contributed by atoms with Crippen molar-refractivity contribution in [2.45, 2.75) is 51.8 Å². The number of hydrogen-bond donors (Lipinski definition) is 1. The average Bonchev–Trinajstić information content (AvgIpc) is 2.58. The van der Waals surface area contributed by atoms with Crippen LogP contribution in [-0.2, 0) is 11.3 Å². The number of pyridine rings is 1. The first-order valence-electron chi connectivity index (χ1n) is 8.95. The molecule has 1 unspecified atom stereocenters. The molecule has 1 aromatic carbocycles. The summed E-state index contributed by atoms with van der Waals surface area (Å²) in [5.41, 5.74) is 0.797. The van der Waals surface area contributed by atoms with Gasteiger partial charge in [-0.25, -0.2) is 4.79 Å². The topological polar surface area (TPSA) is 54.5 Å². The highest BCUT2D eigenvalue weighted by Gasteiger charge is 2.27. The third-order valence-electron chi connectivity index (χ3n) is 4.37. The van der Waals surface area contributed by atoms with E-state index in [9.17, 15) is 4.79 Å². The molecule has 1 saturated heterocycles. The Morgan fingerprint density at radius 1 is 1.32 bits per heavy atom. The van der Waals surface area contributed by atoms with E-state index in [4.69, 9.17) is 4.74 Å². The quantitative estimate of drug-likeness (QED) is 0.924. The zero-order chi connectivity index (χ0) is 17.9. The van der Waals surface area contributed by atoms with Gasteiger partial charge in [-0.05, 0) is 56.7 Å². The number of aromatic nitrogens is 1. The predicted molar refractivity (Wildman–Crippen MR) is 99.4 cm³/mol. The van der Waals surface area contributed by atoms with Crippen molar-refractivity contribution in [3.05, 3.63) is 42.2 Å². The predicted octanol–water partition coefficient (Wildman–Crippen LogP) is 3.72. The van der Waals surface area contributed by atoms with Gasteiger partial charge in [-0.3, -0.25) is 4.98 Å². The summed E-state index contributed by atoms with van der Waals surface area (Å²) in [5.74, 6) is 0. The highest BCUT2D eigenvalue weighted by atomic mass is 16.6. The van der Waals surface area contributed by atoms with Crippen LogP contribution < -0.4 is 5.32 Å². The molecule has 0 spiro atoms. The number of piperidine rings is 1. The molecule has 1 N–H and O–H groups in total. The van der Waals surface area contributed by atoms with Gasteiger partial charge in [0.25, 0.3) is 0 Å². The van der Waals surface area contributed by atoms with E-state index < -0.39 is 5.60 Å². The van der Waals surface area contributed by atoms with Crippen LogP contribution in [0, 0.1) is 0 Å². The SMILES string of the molecule is CC(C)(C)OC(=O)N1CCCC(NCc2ccc3cnccc3c2)C1. The van der Waals surface area contributed by atoms with Gasteiger partial charge in [0, 0.05) is 43.5 Å². The minimum absolute atomic E-state index is 0.211. The maximum atomic E-state index is 12.2. The molecule has 0 bridgehead atoms. The number of ether oxygens (including phenoxy) is 1. The lowest BCUT2D eigenvalue weighted by molar-refractivity contribution is 0.0187. The van der Waals surface area contributed by atoms with Crippen molar-refractivity contribution in [2.24, 2.45) is 0 Å². The number of carbonyl (C=O) groups excluding carboxylic acids is 1. The Kier molecular flexibility index (Phi) is 5.23. The molecule has 3 rings (SSSR count). The van der Waals surface area contributed by atoms with E-state index in [1.165, 1.54) is 10.9 Å². The second-order valence-electron chi connectivity index (χ2n) is 7.70. The van der Waals surface area contributed by atoms with Gasteiger partial charge in [0.15, 0.2) is 0 Å². The molecule has 1 fully saturated rings. The summed E-state index contributed by atoms with van der Waals surface area (Å²) in [6.07, 6.45) is 5.57. The fourth-order valence-electron chi connectivity index (χ4n) is 3.14. The van der Waals surface area contributed by atoms with Gasteiger partial charge in [-0.1, -0.05) is 12.1 Å². The first-order valence-corrected chi connectivity index (χ1v) is 8.95. The second-order valence-corrected chi connectivity index (χ2v) is 7.70. The number of hydrogen-bond acceptors (Lipinski definition) is 4. The monoisotopic (exact) mass is 341 g/mol. The lowest BCUT2D eigenvalue weighted by Gasteiger charge is -2.34. The molecule has 0 saturated carbocycles. The first-order chi connectivity index (χ1) is 11.9. The molecule has 1 atom stereocenters. The zero-order valence-corrected chi connectivity index (χ0v) is 15.3. The Hall–Kier alpha value is -2.14. The van der Waals surface area contributed by atoms with Crippen molar-refractivity contribution in [1.29, 1.82) is 0 Å². The molecule has 1 aliphatic heterocycles. The highest BCUT2D eigenvalue weighted by Crippen LogP contribution is 2.17. The molecule has 2 heterocycles. The van der Waals surface area contributed by atoms with Crippen molar-refractivity contribution in [3.8, 4) is 0 Å². The number of benzene rings is 1. The number of nitrogens with zero attached hydrogens (tertiary/aromatic N) is 2. The Balaban J connectivity index is 1.56. The van der Waals surface area contributed by atoms with Crippen LogP contribution >= 0.6 is 0 Å². The summed E-state index contributed by atoms with van der Waals surface area (Å²) >= 11 is 0.